The molecule has 2 saturated heterocycles. The van der Waals surface area contributed by atoms with Crippen LogP contribution in [0.2, 0.25) is 0 Å². The minimum atomic E-state index is -0.273. The van der Waals surface area contributed by atoms with E-state index in [-0.39, 0.29) is 11.9 Å². The van der Waals surface area contributed by atoms with Gasteiger partial charge in [-0.25, -0.2) is 19.4 Å². The molecule has 2 aliphatic rings. The number of guanidine groups is 1. The summed E-state index contributed by atoms with van der Waals surface area (Å²) < 4.78 is 14.0. The molecule has 4 heterocycles. The van der Waals surface area contributed by atoms with Crippen molar-refractivity contribution < 1.29 is 4.39 Å². The molecule has 2 aromatic rings. The smallest absolute Gasteiger partial charge is 0.191 e. The van der Waals surface area contributed by atoms with E-state index >= 15 is 0 Å². The fraction of sp³-hybridized carbons (Fsp3) is 0.500. The number of hydrogen-bond donors (Lipinski definition) is 2. The van der Waals surface area contributed by atoms with Gasteiger partial charge in [0.15, 0.2) is 17.6 Å². The van der Waals surface area contributed by atoms with Gasteiger partial charge in [0, 0.05) is 51.2 Å². The summed E-state index contributed by atoms with van der Waals surface area (Å²) in [6.45, 7) is 7.06. The van der Waals surface area contributed by atoms with E-state index in [1.54, 1.807) is 12.3 Å². The normalized spacial score (nSPS) is 19.4. The number of pyridine rings is 2. The second-order valence-corrected chi connectivity index (χ2v) is 7.80. The van der Waals surface area contributed by atoms with E-state index in [0.29, 0.717) is 18.9 Å². The summed E-state index contributed by atoms with van der Waals surface area (Å²) in [5.74, 6) is 1.98. The molecule has 2 N–H and O–H groups in total. The third-order valence-corrected chi connectivity index (χ3v) is 5.57. The van der Waals surface area contributed by atoms with Gasteiger partial charge in [-0.1, -0.05) is 0 Å². The van der Waals surface area contributed by atoms with Crippen LogP contribution in [0.25, 0.3) is 0 Å². The highest BCUT2D eigenvalue weighted by molar-refractivity contribution is 5.80. The van der Waals surface area contributed by atoms with E-state index in [0.717, 1.165) is 49.9 Å². The highest BCUT2D eigenvalue weighted by Gasteiger charge is 2.26. The number of nitrogens with one attached hydrogen (secondary N) is 2. The second-order valence-electron chi connectivity index (χ2n) is 7.80. The Hall–Kier alpha value is -2.90. The van der Waals surface area contributed by atoms with Gasteiger partial charge in [0.05, 0.1) is 6.54 Å². The zero-order chi connectivity index (χ0) is 20.8. The largest absolute Gasteiger partial charge is 0.357 e. The van der Waals surface area contributed by atoms with Crippen LogP contribution in [0.1, 0.15) is 31.7 Å². The maximum atomic E-state index is 14.0. The molecule has 2 fully saturated rings. The molecule has 0 aliphatic carbocycles. The maximum absolute atomic E-state index is 14.0. The van der Waals surface area contributed by atoms with Crippen molar-refractivity contribution >= 4 is 17.6 Å². The molecule has 4 rings (SSSR count). The third kappa shape index (κ3) is 4.98. The third-order valence-electron chi connectivity index (χ3n) is 5.57. The molecule has 30 heavy (non-hydrogen) atoms. The summed E-state index contributed by atoms with van der Waals surface area (Å²) in [5, 5.41) is 6.82. The molecule has 0 bridgehead atoms. The first kappa shape index (κ1) is 20.4. The topological polar surface area (TPSA) is 68.7 Å². The quantitative estimate of drug-likeness (QED) is 0.563. The predicted octanol–water partition coefficient (Wildman–Crippen LogP) is 2.55. The van der Waals surface area contributed by atoms with Gasteiger partial charge in [-0.15, -0.1) is 0 Å². The van der Waals surface area contributed by atoms with Gasteiger partial charge in [-0.3, -0.25) is 0 Å². The molecule has 2 aromatic heterocycles. The number of anilines is 2. The lowest BCUT2D eigenvalue weighted by molar-refractivity contribution is 0.612. The number of aromatic nitrogens is 2. The number of hydrogen-bond acceptors (Lipinski definition) is 5. The molecule has 0 aromatic carbocycles. The number of aliphatic imine (C=N–C) groups is 1. The van der Waals surface area contributed by atoms with E-state index in [4.69, 9.17) is 4.99 Å². The Morgan fingerprint density at radius 2 is 2.03 bits per heavy atom. The van der Waals surface area contributed by atoms with Crippen molar-refractivity contribution in [2.24, 2.45) is 4.99 Å². The average molecular weight is 412 g/mol. The highest BCUT2D eigenvalue weighted by Crippen LogP contribution is 2.21. The summed E-state index contributed by atoms with van der Waals surface area (Å²) in [5.41, 5.74) is 1.15. The maximum Gasteiger partial charge on any atom is 0.191 e. The van der Waals surface area contributed by atoms with Crippen molar-refractivity contribution in [1.82, 2.24) is 20.6 Å². The van der Waals surface area contributed by atoms with Crippen molar-refractivity contribution in [3.8, 4) is 0 Å². The molecule has 1 unspecified atom stereocenters. The van der Waals surface area contributed by atoms with Crippen LogP contribution >= 0.6 is 0 Å². The Morgan fingerprint density at radius 3 is 2.83 bits per heavy atom. The lowest BCUT2D eigenvalue weighted by Gasteiger charge is -2.20. The number of halogens is 1. The molecule has 7 nitrogen and oxygen atoms in total. The fourth-order valence-electron chi connectivity index (χ4n) is 4.04. The summed E-state index contributed by atoms with van der Waals surface area (Å²) in [7, 11) is 0. The van der Waals surface area contributed by atoms with Crippen molar-refractivity contribution in [1.29, 1.82) is 0 Å². The van der Waals surface area contributed by atoms with Crippen LogP contribution in [-0.2, 0) is 6.54 Å². The molecule has 0 radical (unpaired) electrons. The lowest BCUT2D eigenvalue weighted by Crippen LogP contribution is -2.44. The molecule has 0 amide bonds. The van der Waals surface area contributed by atoms with Gasteiger partial charge in [0.25, 0.3) is 0 Å². The molecule has 0 spiro atoms. The van der Waals surface area contributed by atoms with Crippen molar-refractivity contribution in [3.63, 3.8) is 0 Å². The molecular weight excluding hydrogens is 381 g/mol. The monoisotopic (exact) mass is 411 g/mol. The van der Waals surface area contributed by atoms with Crippen LogP contribution in [0, 0.1) is 5.82 Å². The van der Waals surface area contributed by atoms with Crippen LogP contribution in [0.3, 0.4) is 0 Å². The Kier molecular flexibility index (Phi) is 6.61. The second kappa shape index (κ2) is 9.73. The van der Waals surface area contributed by atoms with Crippen molar-refractivity contribution in [3.05, 3.63) is 48.0 Å². The zero-order valence-corrected chi connectivity index (χ0v) is 17.5. The van der Waals surface area contributed by atoms with Crippen LogP contribution in [0.4, 0.5) is 16.0 Å². The first-order valence-corrected chi connectivity index (χ1v) is 10.8. The van der Waals surface area contributed by atoms with Gasteiger partial charge in [-0.2, -0.15) is 0 Å². The Morgan fingerprint density at radius 1 is 1.17 bits per heavy atom. The zero-order valence-electron chi connectivity index (χ0n) is 17.5. The van der Waals surface area contributed by atoms with Gasteiger partial charge >= 0.3 is 0 Å². The van der Waals surface area contributed by atoms with Gasteiger partial charge in [-0.05, 0) is 56.0 Å². The minimum Gasteiger partial charge on any atom is -0.357 e. The summed E-state index contributed by atoms with van der Waals surface area (Å²) in [4.78, 5) is 17.8. The van der Waals surface area contributed by atoms with E-state index in [1.165, 1.54) is 18.9 Å². The van der Waals surface area contributed by atoms with Crippen LogP contribution in [-0.4, -0.2) is 54.7 Å². The summed E-state index contributed by atoms with van der Waals surface area (Å²) in [6, 6.07) is 7.43. The van der Waals surface area contributed by atoms with Gasteiger partial charge < -0.3 is 20.4 Å². The molecule has 1 atom stereocenters. The van der Waals surface area contributed by atoms with Crippen molar-refractivity contribution in [2.75, 3.05) is 42.5 Å². The Balaban J connectivity index is 1.37. The minimum absolute atomic E-state index is 0.196. The van der Waals surface area contributed by atoms with Gasteiger partial charge in [0.2, 0.25) is 0 Å². The predicted molar refractivity (Wildman–Crippen MR) is 118 cm³/mol. The standard InChI is InChI=1S/C22H30FN7/c1-2-24-22(27-15-17-7-10-25-20(14-17)29-11-3-4-12-29)28-18-8-13-30(16-18)21-19(23)6-5-9-26-21/h5-7,9-10,14,18H,2-4,8,11-13,15-16H2,1H3,(H2,24,27,28). The van der Waals surface area contributed by atoms with E-state index in [2.05, 4.69) is 38.5 Å². The SMILES string of the molecule is CCNC(=NCc1ccnc(N2CCCC2)c1)NC1CCN(c2ncccc2F)C1. The van der Waals surface area contributed by atoms with E-state index < -0.39 is 0 Å². The number of rotatable bonds is 6. The summed E-state index contributed by atoms with van der Waals surface area (Å²) >= 11 is 0. The van der Waals surface area contributed by atoms with E-state index in [9.17, 15) is 4.39 Å². The van der Waals surface area contributed by atoms with Gasteiger partial charge in [0.1, 0.15) is 5.82 Å². The molecule has 160 valence electrons. The highest BCUT2D eigenvalue weighted by atomic mass is 19.1. The van der Waals surface area contributed by atoms with Crippen LogP contribution in [0.5, 0.6) is 0 Å². The Labute approximate surface area is 177 Å². The Bertz CT molecular complexity index is 866. The molecule has 8 heteroatoms. The average Bonchev–Trinajstić information content (AvgIpc) is 3.45. The molecule has 0 saturated carbocycles. The molecule has 2 aliphatic heterocycles. The first-order valence-electron chi connectivity index (χ1n) is 10.8. The van der Waals surface area contributed by atoms with Crippen LogP contribution in [0.15, 0.2) is 41.7 Å². The molecular formula is C22H30FN7. The summed E-state index contributed by atoms with van der Waals surface area (Å²) in [6.07, 6.45) is 6.89. The van der Waals surface area contributed by atoms with E-state index in [1.807, 2.05) is 17.2 Å². The fourth-order valence-corrected chi connectivity index (χ4v) is 4.04. The van der Waals surface area contributed by atoms with Crippen molar-refractivity contribution in [2.45, 2.75) is 38.8 Å². The van der Waals surface area contributed by atoms with Crippen LogP contribution < -0.4 is 20.4 Å². The first-order chi connectivity index (χ1) is 14.7. The lowest BCUT2D eigenvalue weighted by atomic mass is 10.2. The number of nitrogens with zero attached hydrogens (tertiary/aromatic N) is 5.